The monoisotopic (exact) mass is 316 g/mol. The Labute approximate surface area is 136 Å². The molecular formula is C17H24N4O2. The van der Waals surface area contributed by atoms with Gasteiger partial charge in [0.05, 0.1) is 11.4 Å². The number of carbonyl (C=O) groups excluding carboxylic acids is 2. The van der Waals surface area contributed by atoms with Gasteiger partial charge in [-0.25, -0.2) is 4.79 Å². The molecule has 0 unspecified atom stereocenters. The Bertz CT molecular complexity index is 613. The molecule has 3 amide bonds. The predicted octanol–water partition coefficient (Wildman–Crippen LogP) is 2.17. The maximum atomic E-state index is 12.5. The van der Waals surface area contributed by atoms with E-state index >= 15 is 0 Å². The minimum absolute atomic E-state index is 0.112. The van der Waals surface area contributed by atoms with E-state index in [1.54, 1.807) is 4.90 Å². The van der Waals surface area contributed by atoms with Gasteiger partial charge in [-0.05, 0) is 45.2 Å². The van der Waals surface area contributed by atoms with Gasteiger partial charge in [0.25, 0.3) is 0 Å². The van der Waals surface area contributed by atoms with Crippen molar-refractivity contribution in [2.45, 2.75) is 33.1 Å². The zero-order chi connectivity index (χ0) is 16.4. The van der Waals surface area contributed by atoms with Crippen molar-refractivity contribution in [2.24, 2.45) is 5.92 Å². The smallest absolute Gasteiger partial charge is 0.321 e. The summed E-state index contributed by atoms with van der Waals surface area (Å²) in [5.74, 6) is 0.516. The third kappa shape index (κ3) is 3.81. The topological polar surface area (TPSA) is 65.5 Å². The van der Waals surface area contributed by atoms with E-state index in [1.165, 1.54) is 0 Å². The SMILES string of the molecule is Cc1ccc(NC(=O)N2CCCN(C(=O)C3CC3)CC2)c(C)n1. The van der Waals surface area contributed by atoms with Gasteiger partial charge in [0.2, 0.25) is 5.91 Å². The third-order valence-electron chi connectivity index (χ3n) is 4.49. The number of carbonyl (C=O) groups is 2. The Hall–Kier alpha value is -2.11. The summed E-state index contributed by atoms with van der Waals surface area (Å²) in [5.41, 5.74) is 2.50. The second kappa shape index (κ2) is 6.56. The molecule has 2 heterocycles. The molecule has 1 saturated carbocycles. The molecule has 23 heavy (non-hydrogen) atoms. The molecule has 1 N–H and O–H groups in total. The largest absolute Gasteiger partial charge is 0.341 e. The molecular weight excluding hydrogens is 292 g/mol. The second-order valence-corrected chi connectivity index (χ2v) is 6.46. The molecule has 1 aliphatic heterocycles. The summed E-state index contributed by atoms with van der Waals surface area (Å²) in [7, 11) is 0. The van der Waals surface area contributed by atoms with Gasteiger partial charge in [-0.1, -0.05) is 0 Å². The lowest BCUT2D eigenvalue weighted by Crippen LogP contribution is -2.39. The highest BCUT2D eigenvalue weighted by Gasteiger charge is 2.34. The average molecular weight is 316 g/mol. The number of pyridine rings is 1. The van der Waals surface area contributed by atoms with Crippen LogP contribution in [0.25, 0.3) is 0 Å². The predicted molar refractivity (Wildman–Crippen MR) is 88.2 cm³/mol. The van der Waals surface area contributed by atoms with Crippen molar-refractivity contribution >= 4 is 17.6 Å². The van der Waals surface area contributed by atoms with Gasteiger partial charge in [-0.3, -0.25) is 9.78 Å². The lowest BCUT2D eigenvalue weighted by molar-refractivity contribution is -0.132. The quantitative estimate of drug-likeness (QED) is 0.909. The van der Waals surface area contributed by atoms with Crippen molar-refractivity contribution in [2.75, 3.05) is 31.5 Å². The second-order valence-electron chi connectivity index (χ2n) is 6.46. The molecule has 2 aliphatic rings. The van der Waals surface area contributed by atoms with Crippen LogP contribution in [0.1, 0.15) is 30.7 Å². The van der Waals surface area contributed by atoms with E-state index in [-0.39, 0.29) is 17.9 Å². The zero-order valence-corrected chi connectivity index (χ0v) is 13.8. The van der Waals surface area contributed by atoms with Gasteiger partial charge < -0.3 is 15.1 Å². The maximum Gasteiger partial charge on any atom is 0.321 e. The molecule has 0 radical (unpaired) electrons. The number of urea groups is 1. The van der Waals surface area contributed by atoms with Crippen molar-refractivity contribution in [3.05, 3.63) is 23.5 Å². The summed E-state index contributed by atoms with van der Waals surface area (Å²) < 4.78 is 0. The maximum absolute atomic E-state index is 12.5. The van der Waals surface area contributed by atoms with Crippen molar-refractivity contribution in [3.8, 4) is 0 Å². The number of aromatic nitrogens is 1. The molecule has 1 aromatic heterocycles. The third-order valence-corrected chi connectivity index (χ3v) is 4.49. The number of nitrogens with one attached hydrogen (secondary N) is 1. The molecule has 0 bridgehead atoms. The zero-order valence-electron chi connectivity index (χ0n) is 13.8. The molecule has 0 spiro atoms. The van der Waals surface area contributed by atoms with Crippen LogP contribution in [0.4, 0.5) is 10.5 Å². The van der Waals surface area contributed by atoms with Crippen LogP contribution in [-0.4, -0.2) is 52.9 Å². The van der Waals surface area contributed by atoms with Crippen LogP contribution in [0.3, 0.4) is 0 Å². The first-order valence-corrected chi connectivity index (χ1v) is 8.33. The van der Waals surface area contributed by atoms with E-state index in [9.17, 15) is 9.59 Å². The lowest BCUT2D eigenvalue weighted by Gasteiger charge is -2.22. The molecule has 3 rings (SSSR count). The van der Waals surface area contributed by atoms with E-state index in [4.69, 9.17) is 0 Å². The van der Waals surface area contributed by atoms with Crippen molar-refractivity contribution in [3.63, 3.8) is 0 Å². The highest BCUT2D eigenvalue weighted by atomic mass is 16.2. The van der Waals surface area contributed by atoms with Gasteiger partial charge in [-0.2, -0.15) is 0 Å². The van der Waals surface area contributed by atoms with Gasteiger partial charge in [0, 0.05) is 37.8 Å². The summed E-state index contributed by atoms with van der Waals surface area (Å²) in [6, 6.07) is 3.66. The van der Waals surface area contributed by atoms with Crippen molar-refractivity contribution < 1.29 is 9.59 Å². The van der Waals surface area contributed by atoms with E-state index in [2.05, 4.69) is 10.3 Å². The molecule has 0 aromatic carbocycles. The van der Waals surface area contributed by atoms with Crippen molar-refractivity contribution in [1.29, 1.82) is 0 Å². The van der Waals surface area contributed by atoms with Gasteiger partial charge in [-0.15, -0.1) is 0 Å². The van der Waals surface area contributed by atoms with Crippen LogP contribution in [0.15, 0.2) is 12.1 Å². The molecule has 0 atom stereocenters. The molecule has 1 aromatic rings. The summed E-state index contributed by atoms with van der Waals surface area (Å²) in [6.07, 6.45) is 2.88. The Balaban J connectivity index is 1.58. The lowest BCUT2D eigenvalue weighted by atomic mass is 10.3. The first-order valence-electron chi connectivity index (χ1n) is 8.33. The Morgan fingerprint density at radius 2 is 1.78 bits per heavy atom. The molecule has 6 heteroatoms. The number of anilines is 1. The van der Waals surface area contributed by atoms with E-state index < -0.39 is 0 Å². The number of amides is 3. The van der Waals surface area contributed by atoms with E-state index in [0.29, 0.717) is 19.6 Å². The van der Waals surface area contributed by atoms with Crippen LogP contribution in [-0.2, 0) is 4.79 Å². The minimum atomic E-state index is -0.112. The van der Waals surface area contributed by atoms with Crippen LogP contribution in [0.2, 0.25) is 0 Å². The van der Waals surface area contributed by atoms with Crippen LogP contribution in [0.5, 0.6) is 0 Å². The Kier molecular flexibility index (Phi) is 4.50. The minimum Gasteiger partial charge on any atom is -0.341 e. The summed E-state index contributed by atoms with van der Waals surface area (Å²) in [4.78, 5) is 32.7. The fraction of sp³-hybridized carbons (Fsp3) is 0.588. The number of rotatable bonds is 2. The standard InChI is InChI=1S/C17H24N4O2/c1-12-4-7-15(13(2)18-12)19-17(23)21-9-3-8-20(10-11-21)16(22)14-5-6-14/h4,7,14H,3,5-6,8-11H2,1-2H3,(H,19,23). The normalized spacial score (nSPS) is 18.5. The summed E-state index contributed by atoms with van der Waals surface area (Å²) >= 11 is 0. The number of hydrogen-bond acceptors (Lipinski definition) is 3. The fourth-order valence-electron chi connectivity index (χ4n) is 2.94. The molecule has 1 saturated heterocycles. The van der Waals surface area contributed by atoms with Crippen LogP contribution in [0, 0.1) is 19.8 Å². The number of hydrogen-bond donors (Lipinski definition) is 1. The Morgan fingerprint density at radius 3 is 2.48 bits per heavy atom. The molecule has 1 aliphatic carbocycles. The van der Waals surface area contributed by atoms with Gasteiger partial charge in [0.1, 0.15) is 0 Å². The highest BCUT2D eigenvalue weighted by Crippen LogP contribution is 2.31. The van der Waals surface area contributed by atoms with Gasteiger partial charge >= 0.3 is 6.03 Å². The summed E-state index contributed by atoms with van der Waals surface area (Å²) in [5, 5.41) is 2.94. The fourth-order valence-corrected chi connectivity index (χ4v) is 2.94. The number of nitrogens with zero attached hydrogens (tertiary/aromatic N) is 3. The van der Waals surface area contributed by atoms with Gasteiger partial charge in [0.15, 0.2) is 0 Å². The average Bonchev–Trinajstić information content (AvgIpc) is 3.35. The van der Waals surface area contributed by atoms with E-state index in [0.717, 1.165) is 42.9 Å². The first-order chi connectivity index (χ1) is 11.0. The van der Waals surface area contributed by atoms with E-state index in [1.807, 2.05) is 30.9 Å². The molecule has 124 valence electrons. The van der Waals surface area contributed by atoms with Crippen LogP contribution >= 0.6 is 0 Å². The number of aryl methyl sites for hydroxylation is 2. The van der Waals surface area contributed by atoms with Crippen LogP contribution < -0.4 is 5.32 Å². The highest BCUT2D eigenvalue weighted by molar-refractivity contribution is 5.90. The first kappa shape index (κ1) is 15.8. The van der Waals surface area contributed by atoms with Crippen molar-refractivity contribution in [1.82, 2.24) is 14.8 Å². The molecule has 6 nitrogen and oxygen atoms in total. The molecule has 2 fully saturated rings. The Morgan fingerprint density at radius 1 is 1.09 bits per heavy atom. The summed E-state index contributed by atoms with van der Waals surface area (Å²) in [6.45, 7) is 6.47.